The number of hydrogen-bond acceptors (Lipinski definition) is 5. The van der Waals surface area contributed by atoms with E-state index in [0.29, 0.717) is 39.4 Å². The van der Waals surface area contributed by atoms with Gasteiger partial charge in [-0.05, 0) is 45.6 Å². The van der Waals surface area contributed by atoms with Crippen LogP contribution in [0.3, 0.4) is 0 Å². The van der Waals surface area contributed by atoms with Gasteiger partial charge in [-0.3, -0.25) is 4.79 Å². The number of benzene rings is 1. The van der Waals surface area contributed by atoms with Gasteiger partial charge in [0.1, 0.15) is 11.3 Å². The predicted molar refractivity (Wildman–Crippen MR) is 98.7 cm³/mol. The van der Waals surface area contributed by atoms with Gasteiger partial charge < -0.3 is 19.4 Å². The molecule has 1 aromatic heterocycles. The van der Waals surface area contributed by atoms with Gasteiger partial charge in [-0.25, -0.2) is 4.79 Å². The quantitative estimate of drug-likeness (QED) is 0.601. The first-order chi connectivity index (χ1) is 11.8. The molecule has 0 aliphatic heterocycles. The Labute approximate surface area is 151 Å². The highest BCUT2D eigenvalue weighted by Gasteiger charge is 2.16. The van der Waals surface area contributed by atoms with Crippen molar-refractivity contribution >= 4 is 28.5 Å². The lowest BCUT2D eigenvalue weighted by atomic mass is 10.0. The Balaban J connectivity index is 2.21. The van der Waals surface area contributed by atoms with Gasteiger partial charge in [-0.2, -0.15) is 0 Å². The molecule has 0 aliphatic carbocycles. The van der Waals surface area contributed by atoms with E-state index in [1.807, 2.05) is 19.0 Å². The van der Waals surface area contributed by atoms with E-state index in [-0.39, 0.29) is 12.3 Å². The van der Waals surface area contributed by atoms with Crippen molar-refractivity contribution in [3.05, 3.63) is 38.7 Å². The average Bonchev–Trinajstić information content (AvgIpc) is 2.55. The summed E-state index contributed by atoms with van der Waals surface area (Å²) in [5.41, 5.74) is 0.912. The van der Waals surface area contributed by atoms with Crippen molar-refractivity contribution in [2.24, 2.45) is 0 Å². The summed E-state index contributed by atoms with van der Waals surface area (Å²) in [5.74, 6) is 0.233. The molecule has 0 aliphatic rings. The monoisotopic (exact) mass is 366 g/mol. The smallest absolute Gasteiger partial charge is 0.340 e. The van der Waals surface area contributed by atoms with Gasteiger partial charge >= 0.3 is 5.63 Å². The van der Waals surface area contributed by atoms with Crippen LogP contribution in [0.15, 0.2) is 21.3 Å². The zero-order chi connectivity index (χ0) is 18.6. The molecule has 1 N–H and O–H groups in total. The Kier molecular flexibility index (Phi) is 6.45. The van der Waals surface area contributed by atoms with E-state index in [1.165, 1.54) is 7.11 Å². The summed E-state index contributed by atoms with van der Waals surface area (Å²) in [4.78, 5) is 26.4. The molecule has 0 atom stereocenters. The van der Waals surface area contributed by atoms with Crippen molar-refractivity contribution in [3.63, 3.8) is 0 Å². The van der Waals surface area contributed by atoms with Gasteiger partial charge in [-0.1, -0.05) is 11.6 Å². The van der Waals surface area contributed by atoms with E-state index in [1.54, 1.807) is 19.1 Å². The highest BCUT2D eigenvalue weighted by Crippen LogP contribution is 2.31. The second-order valence-corrected chi connectivity index (χ2v) is 6.57. The lowest BCUT2D eigenvalue weighted by molar-refractivity contribution is -0.120. The molecule has 1 amide bonds. The molecule has 1 heterocycles. The summed E-state index contributed by atoms with van der Waals surface area (Å²) in [6, 6.07) is 3.27. The number of nitrogens with zero attached hydrogens (tertiary/aromatic N) is 1. The lowest BCUT2D eigenvalue weighted by Gasteiger charge is -2.11. The topological polar surface area (TPSA) is 71.8 Å². The standard InChI is InChI=1S/C18H23ClN2O4/c1-11-12-8-14(19)16(24-4)10-15(12)25-18(23)13(11)9-17(22)20-6-5-7-21(2)3/h8,10H,5-7,9H2,1-4H3,(H,20,22). The second kappa shape index (κ2) is 8.36. The molecule has 0 saturated carbocycles. The van der Waals surface area contributed by atoms with Crippen molar-refractivity contribution in [1.82, 2.24) is 10.2 Å². The van der Waals surface area contributed by atoms with Crippen LogP contribution >= 0.6 is 11.6 Å². The number of halogens is 1. The van der Waals surface area contributed by atoms with Gasteiger partial charge in [0.05, 0.1) is 24.1 Å². The van der Waals surface area contributed by atoms with E-state index in [4.69, 9.17) is 20.8 Å². The summed E-state index contributed by atoms with van der Waals surface area (Å²) >= 11 is 6.16. The molecule has 7 heteroatoms. The fraction of sp³-hybridized carbons (Fsp3) is 0.444. The third kappa shape index (κ3) is 4.74. The molecule has 0 spiro atoms. The fourth-order valence-electron chi connectivity index (χ4n) is 2.60. The summed E-state index contributed by atoms with van der Waals surface area (Å²) < 4.78 is 10.5. The van der Waals surface area contributed by atoms with Crippen LogP contribution in [-0.2, 0) is 11.2 Å². The van der Waals surface area contributed by atoms with Gasteiger partial charge in [0.25, 0.3) is 0 Å². The highest BCUT2D eigenvalue weighted by atomic mass is 35.5. The molecular weight excluding hydrogens is 344 g/mol. The number of carbonyl (C=O) groups is 1. The van der Waals surface area contributed by atoms with Crippen molar-refractivity contribution in [2.75, 3.05) is 34.3 Å². The maximum Gasteiger partial charge on any atom is 0.340 e. The number of methoxy groups -OCH3 is 1. The molecule has 0 fully saturated rings. The number of nitrogens with one attached hydrogen (secondary N) is 1. The van der Waals surface area contributed by atoms with Crippen LogP contribution in [0.4, 0.5) is 0 Å². The predicted octanol–water partition coefficient (Wildman–Crippen LogP) is 2.37. The summed E-state index contributed by atoms with van der Waals surface area (Å²) in [6.45, 7) is 3.24. The number of carbonyl (C=O) groups excluding carboxylic acids is 1. The van der Waals surface area contributed by atoms with E-state index >= 15 is 0 Å². The van der Waals surface area contributed by atoms with Crippen LogP contribution in [0.2, 0.25) is 5.02 Å². The second-order valence-electron chi connectivity index (χ2n) is 6.16. The van der Waals surface area contributed by atoms with Crippen LogP contribution in [-0.4, -0.2) is 45.1 Å². The first-order valence-corrected chi connectivity index (χ1v) is 8.42. The molecule has 25 heavy (non-hydrogen) atoms. The van der Waals surface area contributed by atoms with Crippen LogP contribution in [0.5, 0.6) is 5.75 Å². The van der Waals surface area contributed by atoms with Gasteiger partial charge in [0, 0.05) is 18.0 Å². The molecule has 2 aromatic rings. The molecule has 6 nitrogen and oxygen atoms in total. The minimum atomic E-state index is -0.516. The number of rotatable bonds is 7. The van der Waals surface area contributed by atoms with Crippen molar-refractivity contribution < 1.29 is 13.9 Å². The SMILES string of the molecule is COc1cc2oc(=O)c(CC(=O)NCCCN(C)C)c(C)c2cc1Cl. The Morgan fingerprint density at radius 1 is 1.36 bits per heavy atom. The third-order valence-electron chi connectivity index (χ3n) is 4.00. The first-order valence-electron chi connectivity index (χ1n) is 8.04. The maximum absolute atomic E-state index is 12.3. The molecule has 0 radical (unpaired) electrons. The molecule has 136 valence electrons. The number of hydrogen-bond donors (Lipinski definition) is 1. The lowest BCUT2D eigenvalue weighted by Crippen LogP contribution is -2.30. The van der Waals surface area contributed by atoms with Crippen LogP contribution in [0, 0.1) is 6.92 Å². The van der Waals surface area contributed by atoms with E-state index in [9.17, 15) is 9.59 Å². The zero-order valence-electron chi connectivity index (χ0n) is 14.9. The highest BCUT2D eigenvalue weighted by molar-refractivity contribution is 6.32. The Morgan fingerprint density at radius 2 is 2.08 bits per heavy atom. The largest absolute Gasteiger partial charge is 0.495 e. The summed E-state index contributed by atoms with van der Waals surface area (Å²) in [6.07, 6.45) is 0.829. The number of ether oxygens (including phenoxy) is 1. The summed E-state index contributed by atoms with van der Waals surface area (Å²) in [7, 11) is 5.45. The van der Waals surface area contributed by atoms with E-state index in [0.717, 1.165) is 13.0 Å². The minimum Gasteiger partial charge on any atom is -0.495 e. The van der Waals surface area contributed by atoms with Crippen LogP contribution in [0.1, 0.15) is 17.5 Å². The van der Waals surface area contributed by atoms with E-state index < -0.39 is 5.63 Å². The van der Waals surface area contributed by atoms with E-state index in [2.05, 4.69) is 5.32 Å². The third-order valence-corrected chi connectivity index (χ3v) is 4.30. The molecule has 0 bridgehead atoms. The zero-order valence-corrected chi connectivity index (χ0v) is 15.7. The number of amides is 1. The van der Waals surface area contributed by atoms with Crippen LogP contribution < -0.4 is 15.7 Å². The Morgan fingerprint density at radius 3 is 2.72 bits per heavy atom. The molecule has 0 saturated heterocycles. The number of aryl methyl sites for hydroxylation is 1. The molecule has 0 unspecified atom stereocenters. The Bertz CT molecular complexity index is 830. The minimum absolute atomic E-state index is 0.0181. The Hall–Kier alpha value is -2.05. The van der Waals surface area contributed by atoms with Gasteiger partial charge in [0.2, 0.25) is 5.91 Å². The fourth-order valence-corrected chi connectivity index (χ4v) is 2.84. The van der Waals surface area contributed by atoms with Gasteiger partial charge in [0.15, 0.2) is 0 Å². The number of fused-ring (bicyclic) bond motifs is 1. The van der Waals surface area contributed by atoms with Gasteiger partial charge in [-0.15, -0.1) is 0 Å². The maximum atomic E-state index is 12.3. The van der Waals surface area contributed by atoms with Crippen molar-refractivity contribution in [3.8, 4) is 5.75 Å². The molecule has 2 rings (SSSR count). The molecule has 1 aromatic carbocycles. The average molecular weight is 367 g/mol. The first kappa shape index (κ1) is 19.3. The molecular formula is C18H23ClN2O4. The van der Waals surface area contributed by atoms with Crippen LogP contribution in [0.25, 0.3) is 11.0 Å². The summed E-state index contributed by atoms with van der Waals surface area (Å²) in [5, 5.41) is 3.94. The normalized spacial score (nSPS) is 11.1. The van der Waals surface area contributed by atoms with Crippen molar-refractivity contribution in [1.29, 1.82) is 0 Å². The van der Waals surface area contributed by atoms with Crippen molar-refractivity contribution in [2.45, 2.75) is 19.8 Å².